The summed E-state index contributed by atoms with van der Waals surface area (Å²) >= 11 is 0. The molecule has 0 saturated carbocycles. The highest BCUT2D eigenvalue weighted by atomic mass is 16.5. The maximum Gasteiger partial charge on any atom is 0.0700 e. The van der Waals surface area contributed by atoms with E-state index in [4.69, 9.17) is 4.74 Å². The molecule has 1 N–H and O–H groups in total. The van der Waals surface area contributed by atoms with E-state index in [2.05, 4.69) is 24.1 Å². The van der Waals surface area contributed by atoms with Crippen LogP contribution in [0.5, 0.6) is 0 Å². The maximum atomic E-state index is 5.55. The van der Waals surface area contributed by atoms with Crippen molar-refractivity contribution < 1.29 is 4.74 Å². The molecule has 0 radical (unpaired) electrons. The van der Waals surface area contributed by atoms with Crippen molar-refractivity contribution in [2.24, 2.45) is 5.92 Å². The third kappa shape index (κ3) is 3.44. The smallest absolute Gasteiger partial charge is 0.0700 e. The summed E-state index contributed by atoms with van der Waals surface area (Å²) in [5.41, 5.74) is 0. The van der Waals surface area contributed by atoms with E-state index >= 15 is 0 Å². The monoisotopic (exact) mass is 226 g/mol. The average Bonchev–Trinajstić information content (AvgIpc) is 2.68. The van der Waals surface area contributed by atoms with Crippen LogP contribution in [0.2, 0.25) is 0 Å². The van der Waals surface area contributed by atoms with E-state index in [1.54, 1.807) is 0 Å². The summed E-state index contributed by atoms with van der Waals surface area (Å²) < 4.78 is 5.55. The average molecular weight is 226 g/mol. The molecule has 2 rings (SSSR count). The Bertz CT molecular complexity index is 202. The van der Waals surface area contributed by atoms with Crippen molar-refractivity contribution in [3.8, 4) is 0 Å². The lowest BCUT2D eigenvalue weighted by Gasteiger charge is -2.30. The minimum Gasteiger partial charge on any atom is -0.377 e. The highest BCUT2D eigenvalue weighted by molar-refractivity contribution is 4.79. The number of nitrogens with one attached hydrogen (secondary N) is 1. The molecule has 2 fully saturated rings. The third-order valence-corrected chi connectivity index (χ3v) is 4.09. The molecule has 2 unspecified atom stereocenters. The fourth-order valence-electron chi connectivity index (χ4n) is 2.69. The summed E-state index contributed by atoms with van der Waals surface area (Å²) in [6.07, 6.45) is 4.34. The highest BCUT2D eigenvalue weighted by Crippen LogP contribution is 2.15. The van der Waals surface area contributed by atoms with Crippen molar-refractivity contribution >= 4 is 0 Å². The van der Waals surface area contributed by atoms with Crippen LogP contribution in [0.4, 0.5) is 0 Å². The van der Waals surface area contributed by atoms with E-state index in [-0.39, 0.29) is 0 Å². The van der Waals surface area contributed by atoms with Gasteiger partial charge in [-0.2, -0.15) is 0 Å². The van der Waals surface area contributed by atoms with Crippen molar-refractivity contribution in [1.29, 1.82) is 0 Å². The Morgan fingerprint density at radius 2 is 1.94 bits per heavy atom. The Hall–Kier alpha value is -0.120. The predicted octanol–water partition coefficient (Wildman–Crippen LogP) is 1.49. The zero-order valence-corrected chi connectivity index (χ0v) is 10.7. The first kappa shape index (κ1) is 12.3. The second-order valence-corrected chi connectivity index (χ2v) is 5.45. The molecule has 0 aromatic rings. The second-order valence-electron chi connectivity index (χ2n) is 5.45. The number of hydrogen-bond acceptors (Lipinski definition) is 3. The normalized spacial score (nSPS) is 33.4. The van der Waals surface area contributed by atoms with Crippen LogP contribution in [0.25, 0.3) is 0 Å². The van der Waals surface area contributed by atoms with Gasteiger partial charge < -0.3 is 15.0 Å². The minimum absolute atomic E-state index is 0.404. The first-order chi connectivity index (χ1) is 7.75. The number of hydrogen-bond donors (Lipinski definition) is 1. The Kier molecular flexibility index (Phi) is 4.62. The molecule has 0 spiro atoms. The van der Waals surface area contributed by atoms with E-state index in [0.29, 0.717) is 12.1 Å². The van der Waals surface area contributed by atoms with E-state index in [0.717, 1.165) is 19.1 Å². The Morgan fingerprint density at radius 3 is 2.56 bits per heavy atom. The molecule has 0 bridgehead atoms. The fraction of sp³-hybridized carbons (Fsp3) is 1.00. The Labute approximate surface area is 99.5 Å². The Balaban J connectivity index is 1.57. The van der Waals surface area contributed by atoms with E-state index < -0.39 is 0 Å². The summed E-state index contributed by atoms with van der Waals surface area (Å²) in [5.74, 6) is 0.937. The molecule has 3 heteroatoms. The van der Waals surface area contributed by atoms with Crippen LogP contribution in [-0.4, -0.2) is 49.8 Å². The van der Waals surface area contributed by atoms with Crippen LogP contribution in [0.15, 0.2) is 0 Å². The van der Waals surface area contributed by atoms with Gasteiger partial charge in [-0.1, -0.05) is 6.92 Å². The molecule has 94 valence electrons. The summed E-state index contributed by atoms with van der Waals surface area (Å²) in [7, 11) is 0. The number of ether oxygens (including phenoxy) is 1. The van der Waals surface area contributed by atoms with Crippen LogP contribution in [0.3, 0.4) is 0 Å². The van der Waals surface area contributed by atoms with E-state index in [1.807, 2.05) is 0 Å². The van der Waals surface area contributed by atoms with Crippen molar-refractivity contribution in [2.45, 2.75) is 45.3 Å². The molecular weight excluding hydrogens is 200 g/mol. The second kappa shape index (κ2) is 5.99. The van der Waals surface area contributed by atoms with Gasteiger partial charge in [-0.25, -0.2) is 0 Å². The molecule has 2 aliphatic heterocycles. The van der Waals surface area contributed by atoms with Gasteiger partial charge in [0.25, 0.3) is 0 Å². The molecule has 0 aromatic carbocycles. The van der Waals surface area contributed by atoms with Gasteiger partial charge in [-0.05, 0) is 45.2 Å². The fourth-order valence-corrected chi connectivity index (χ4v) is 2.69. The van der Waals surface area contributed by atoms with Crippen molar-refractivity contribution in [3.05, 3.63) is 0 Å². The van der Waals surface area contributed by atoms with Gasteiger partial charge in [0.1, 0.15) is 0 Å². The van der Waals surface area contributed by atoms with Gasteiger partial charge in [0, 0.05) is 25.7 Å². The lowest BCUT2D eigenvalue weighted by atomic mass is 9.99. The van der Waals surface area contributed by atoms with Crippen molar-refractivity contribution in [1.82, 2.24) is 10.2 Å². The largest absolute Gasteiger partial charge is 0.377 e. The van der Waals surface area contributed by atoms with Crippen LogP contribution >= 0.6 is 0 Å². The van der Waals surface area contributed by atoms with E-state index in [1.165, 1.54) is 38.9 Å². The first-order valence-corrected chi connectivity index (χ1v) is 6.83. The predicted molar refractivity (Wildman–Crippen MR) is 66.7 cm³/mol. The van der Waals surface area contributed by atoms with Gasteiger partial charge in [0.05, 0.1) is 6.10 Å². The highest BCUT2D eigenvalue weighted by Gasteiger charge is 2.23. The standard InChI is InChI=1S/C13H26N2O/c1-11-3-7-15(8-4-11)9-6-14-13-5-10-16-12(13)2/h11-14H,3-10H2,1-2H3. The van der Waals surface area contributed by atoms with Crippen molar-refractivity contribution in [2.75, 3.05) is 32.8 Å². The number of rotatable bonds is 4. The van der Waals surface area contributed by atoms with Gasteiger partial charge >= 0.3 is 0 Å². The van der Waals surface area contributed by atoms with Crippen LogP contribution < -0.4 is 5.32 Å². The van der Waals surface area contributed by atoms with E-state index in [9.17, 15) is 0 Å². The summed E-state index contributed by atoms with van der Waals surface area (Å²) in [5, 5.41) is 3.62. The molecule has 0 aliphatic carbocycles. The zero-order valence-electron chi connectivity index (χ0n) is 10.7. The van der Waals surface area contributed by atoms with Gasteiger partial charge in [-0.3, -0.25) is 0 Å². The Morgan fingerprint density at radius 1 is 1.19 bits per heavy atom. The molecule has 16 heavy (non-hydrogen) atoms. The van der Waals surface area contributed by atoms with Gasteiger partial charge in [0.15, 0.2) is 0 Å². The van der Waals surface area contributed by atoms with Crippen molar-refractivity contribution in [3.63, 3.8) is 0 Å². The lowest BCUT2D eigenvalue weighted by Crippen LogP contribution is -2.42. The summed E-state index contributed by atoms with van der Waals surface area (Å²) in [4.78, 5) is 2.59. The minimum atomic E-state index is 0.404. The molecule has 0 aromatic heterocycles. The molecule has 2 aliphatic rings. The topological polar surface area (TPSA) is 24.5 Å². The molecule has 2 heterocycles. The number of piperidine rings is 1. The summed E-state index contributed by atoms with van der Waals surface area (Å²) in [6, 6.07) is 0.587. The molecule has 0 amide bonds. The lowest BCUT2D eigenvalue weighted by molar-refractivity contribution is 0.111. The molecule has 2 atom stereocenters. The zero-order chi connectivity index (χ0) is 11.4. The quantitative estimate of drug-likeness (QED) is 0.786. The molecule has 2 saturated heterocycles. The molecular formula is C13H26N2O. The maximum absolute atomic E-state index is 5.55. The molecule has 3 nitrogen and oxygen atoms in total. The van der Waals surface area contributed by atoms with Gasteiger partial charge in [-0.15, -0.1) is 0 Å². The third-order valence-electron chi connectivity index (χ3n) is 4.09. The summed E-state index contributed by atoms with van der Waals surface area (Å²) in [6.45, 7) is 10.4. The van der Waals surface area contributed by atoms with Crippen LogP contribution in [-0.2, 0) is 4.74 Å². The number of nitrogens with zero attached hydrogens (tertiary/aromatic N) is 1. The SMILES string of the molecule is CC1CCN(CCNC2CCOC2C)CC1. The van der Waals surface area contributed by atoms with Crippen LogP contribution in [0.1, 0.15) is 33.1 Å². The van der Waals surface area contributed by atoms with Gasteiger partial charge in [0.2, 0.25) is 0 Å². The number of likely N-dealkylation sites (tertiary alicyclic amines) is 1. The first-order valence-electron chi connectivity index (χ1n) is 6.83. The van der Waals surface area contributed by atoms with Crippen LogP contribution in [0, 0.1) is 5.92 Å².